The normalized spacial score (nSPS) is 10.5. The van der Waals surface area contributed by atoms with Crippen LogP contribution < -0.4 is 4.74 Å². The van der Waals surface area contributed by atoms with E-state index in [0.29, 0.717) is 0 Å². The first kappa shape index (κ1) is 11.8. The van der Waals surface area contributed by atoms with Crippen LogP contribution in [0.1, 0.15) is 22.5 Å². The number of hydrogen-bond donors (Lipinski definition) is 1. The van der Waals surface area contributed by atoms with E-state index in [2.05, 4.69) is 20.9 Å². The van der Waals surface area contributed by atoms with Gasteiger partial charge in [-0.05, 0) is 22.0 Å². The molecule has 7 heteroatoms. The molecule has 0 aliphatic rings. The van der Waals surface area contributed by atoms with Crippen LogP contribution in [0.4, 0.5) is 8.78 Å². The van der Waals surface area contributed by atoms with Crippen molar-refractivity contribution >= 4 is 21.9 Å². The van der Waals surface area contributed by atoms with Gasteiger partial charge in [-0.25, -0.2) is 18.6 Å². The first-order valence-electron chi connectivity index (χ1n) is 3.73. The minimum absolute atomic E-state index is 0.0466. The Labute approximate surface area is 92.0 Å². The molecule has 1 N–H and O–H groups in total. The maximum Gasteiger partial charge on any atom is 0.337 e. The lowest BCUT2D eigenvalue weighted by Crippen LogP contribution is -2.06. The third-order valence-corrected chi connectivity index (χ3v) is 2.20. The summed E-state index contributed by atoms with van der Waals surface area (Å²) in [7, 11) is 1.29. The molecule has 0 spiro atoms. The molecule has 0 amide bonds. The number of carboxylic acids is 1. The lowest BCUT2D eigenvalue weighted by Gasteiger charge is -2.08. The van der Waals surface area contributed by atoms with E-state index in [1.807, 2.05) is 0 Å². The van der Waals surface area contributed by atoms with Crippen LogP contribution in [-0.2, 0) is 0 Å². The Bertz CT molecular complexity index is 398. The molecule has 0 aliphatic carbocycles. The smallest absolute Gasteiger partial charge is 0.337 e. The molecule has 15 heavy (non-hydrogen) atoms. The summed E-state index contributed by atoms with van der Waals surface area (Å²) in [6, 6.07) is 1.00. The van der Waals surface area contributed by atoms with Gasteiger partial charge in [0.1, 0.15) is 10.3 Å². The fraction of sp³-hybridized carbons (Fsp3) is 0.250. The van der Waals surface area contributed by atoms with E-state index < -0.39 is 23.7 Å². The fourth-order valence-electron chi connectivity index (χ4n) is 0.966. The monoisotopic (exact) mass is 281 g/mol. The topological polar surface area (TPSA) is 59.4 Å². The molecule has 1 aromatic heterocycles. The first-order chi connectivity index (χ1) is 6.97. The van der Waals surface area contributed by atoms with E-state index >= 15 is 0 Å². The predicted molar refractivity (Wildman–Crippen MR) is 50.4 cm³/mol. The van der Waals surface area contributed by atoms with Crippen molar-refractivity contribution in [3.8, 4) is 5.75 Å². The highest BCUT2D eigenvalue weighted by Gasteiger charge is 2.22. The van der Waals surface area contributed by atoms with Crippen molar-refractivity contribution in [2.24, 2.45) is 0 Å². The Morgan fingerprint density at radius 3 is 2.67 bits per heavy atom. The van der Waals surface area contributed by atoms with Gasteiger partial charge in [0.2, 0.25) is 0 Å². The van der Waals surface area contributed by atoms with Gasteiger partial charge in [-0.3, -0.25) is 0 Å². The van der Waals surface area contributed by atoms with Crippen molar-refractivity contribution < 1.29 is 23.4 Å². The van der Waals surface area contributed by atoms with Gasteiger partial charge in [-0.2, -0.15) is 0 Å². The number of aromatic carboxylic acids is 1. The zero-order valence-corrected chi connectivity index (χ0v) is 9.09. The van der Waals surface area contributed by atoms with E-state index in [4.69, 9.17) is 9.84 Å². The number of carboxylic acid groups (broad SMARTS) is 1. The molecule has 0 aromatic carbocycles. The average Bonchev–Trinajstić information content (AvgIpc) is 2.16. The Morgan fingerprint density at radius 1 is 1.67 bits per heavy atom. The minimum Gasteiger partial charge on any atom is -0.494 e. The zero-order valence-electron chi connectivity index (χ0n) is 7.50. The lowest BCUT2D eigenvalue weighted by atomic mass is 10.2. The van der Waals surface area contributed by atoms with E-state index in [9.17, 15) is 13.6 Å². The summed E-state index contributed by atoms with van der Waals surface area (Å²) in [5, 5.41) is 8.68. The van der Waals surface area contributed by atoms with Crippen molar-refractivity contribution in [1.82, 2.24) is 4.98 Å². The lowest BCUT2D eigenvalue weighted by molar-refractivity contribution is 0.0681. The van der Waals surface area contributed by atoms with Crippen LogP contribution >= 0.6 is 15.9 Å². The largest absolute Gasteiger partial charge is 0.494 e. The van der Waals surface area contributed by atoms with Crippen molar-refractivity contribution in [2.45, 2.75) is 6.43 Å². The summed E-state index contributed by atoms with van der Waals surface area (Å²) in [4.78, 5) is 14.1. The molecule has 82 valence electrons. The number of aromatic nitrogens is 1. The zero-order chi connectivity index (χ0) is 11.6. The first-order valence-corrected chi connectivity index (χ1v) is 4.52. The van der Waals surface area contributed by atoms with Crippen molar-refractivity contribution in [2.75, 3.05) is 7.11 Å². The van der Waals surface area contributed by atoms with Gasteiger partial charge in [0.15, 0.2) is 5.75 Å². The molecule has 1 aromatic rings. The number of rotatable bonds is 3. The summed E-state index contributed by atoms with van der Waals surface area (Å²) in [5.41, 5.74) is -1.35. The third kappa shape index (κ3) is 2.41. The molecule has 1 heterocycles. The molecule has 0 bridgehead atoms. The number of alkyl halides is 2. The van der Waals surface area contributed by atoms with Gasteiger partial charge in [-0.15, -0.1) is 0 Å². The SMILES string of the molecule is COc1cc(C(=O)O)c(C(F)F)nc1Br. The van der Waals surface area contributed by atoms with Gasteiger partial charge >= 0.3 is 5.97 Å². The van der Waals surface area contributed by atoms with Gasteiger partial charge in [0, 0.05) is 0 Å². The van der Waals surface area contributed by atoms with E-state index in [0.717, 1.165) is 6.07 Å². The number of nitrogens with zero attached hydrogens (tertiary/aromatic N) is 1. The fourth-order valence-corrected chi connectivity index (χ4v) is 1.43. The van der Waals surface area contributed by atoms with E-state index in [1.165, 1.54) is 7.11 Å². The van der Waals surface area contributed by atoms with Crippen LogP contribution in [0.2, 0.25) is 0 Å². The number of carbonyl (C=O) groups is 1. The van der Waals surface area contributed by atoms with Crippen LogP contribution in [0.3, 0.4) is 0 Å². The summed E-state index contributed by atoms with van der Waals surface area (Å²) >= 11 is 2.90. The highest BCUT2D eigenvalue weighted by Crippen LogP contribution is 2.30. The molecule has 0 aliphatic heterocycles. The maximum absolute atomic E-state index is 12.4. The van der Waals surface area contributed by atoms with E-state index in [1.54, 1.807) is 0 Å². The Kier molecular flexibility index (Phi) is 3.57. The minimum atomic E-state index is -2.95. The van der Waals surface area contributed by atoms with Crippen molar-refractivity contribution in [3.05, 3.63) is 21.9 Å². The summed E-state index contributed by atoms with van der Waals surface area (Å²) < 4.78 is 29.6. The van der Waals surface area contributed by atoms with E-state index in [-0.39, 0.29) is 10.4 Å². The van der Waals surface area contributed by atoms with Crippen molar-refractivity contribution in [3.63, 3.8) is 0 Å². The molecule has 4 nitrogen and oxygen atoms in total. The van der Waals surface area contributed by atoms with Gasteiger partial charge in [-0.1, -0.05) is 0 Å². The highest BCUT2D eigenvalue weighted by molar-refractivity contribution is 9.10. The Hall–Kier alpha value is -1.24. The number of ether oxygens (including phenoxy) is 1. The molecular formula is C8H6BrF2NO3. The maximum atomic E-state index is 12.4. The number of halogens is 3. The van der Waals surface area contributed by atoms with Crippen LogP contribution in [0, 0.1) is 0 Å². The molecule has 0 saturated heterocycles. The van der Waals surface area contributed by atoms with Gasteiger partial charge in [0.05, 0.1) is 12.7 Å². The molecule has 0 unspecified atom stereocenters. The van der Waals surface area contributed by atoms with Crippen LogP contribution in [0.5, 0.6) is 5.75 Å². The Balaban J connectivity index is 3.39. The highest BCUT2D eigenvalue weighted by atomic mass is 79.9. The average molecular weight is 282 g/mol. The van der Waals surface area contributed by atoms with Crippen molar-refractivity contribution in [1.29, 1.82) is 0 Å². The molecule has 0 saturated carbocycles. The summed E-state index contributed by atoms with van der Waals surface area (Å²) in [6.45, 7) is 0. The quantitative estimate of drug-likeness (QED) is 0.865. The predicted octanol–water partition coefficient (Wildman–Crippen LogP) is 2.49. The number of methoxy groups -OCH3 is 1. The van der Waals surface area contributed by atoms with Gasteiger partial charge < -0.3 is 9.84 Å². The molecule has 0 atom stereocenters. The Morgan fingerprint density at radius 2 is 2.27 bits per heavy atom. The molecule has 1 rings (SSSR count). The molecule has 0 fully saturated rings. The third-order valence-electron chi connectivity index (χ3n) is 1.63. The second-order valence-electron chi connectivity index (χ2n) is 2.52. The number of hydrogen-bond acceptors (Lipinski definition) is 3. The number of pyridine rings is 1. The molecular weight excluding hydrogens is 276 g/mol. The summed E-state index contributed by atoms with van der Waals surface area (Å²) in [6.07, 6.45) is -2.95. The second-order valence-corrected chi connectivity index (χ2v) is 3.27. The van der Waals surface area contributed by atoms with Gasteiger partial charge in [0.25, 0.3) is 6.43 Å². The van der Waals surface area contributed by atoms with Crippen LogP contribution in [0.15, 0.2) is 10.7 Å². The molecule has 0 radical (unpaired) electrons. The second kappa shape index (κ2) is 4.52. The van der Waals surface area contributed by atoms with Crippen LogP contribution in [-0.4, -0.2) is 23.2 Å². The summed E-state index contributed by atoms with van der Waals surface area (Å²) in [5.74, 6) is -1.37. The van der Waals surface area contributed by atoms with Crippen LogP contribution in [0.25, 0.3) is 0 Å². The standard InChI is InChI=1S/C8H6BrF2NO3/c1-15-4-2-3(8(13)14)5(7(10)11)12-6(4)9/h2,7H,1H3,(H,13,14).